The maximum absolute atomic E-state index is 5.54. The van der Waals surface area contributed by atoms with Crippen LogP contribution in [-0.2, 0) is 6.42 Å². The fraction of sp³-hybridized carbons (Fsp3) is 0.818. The Labute approximate surface area is 95.4 Å². The SMILES string of the molecule is CC1(C2CCNc3nc(CCN)nn32)CC1. The topological polar surface area (TPSA) is 68.8 Å². The molecule has 1 fully saturated rings. The third-order valence-electron chi connectivity index (χ3n) is 3.88. The van der Waals surface area contributed by atoms with E-state index in [-0.39, 0.29) is 0 Å². The Morgan fingerprint density at radius 3 is 3.06 bits per heavy atom. The number of rotatable bonds is 3. The Hall–Kier alpha value is -1.10. The van der Waals surface area contributed by atoms with E-state index >= 15 is 0 Å². The van der Waals surface area contributed by atoms with Crippen molar-refractivity contribution >= 4 is 5.95 Å². The Morgan fingerprint density at radius 1 is 1.56 bits per heavy atom. The van der Waals surface area contributed by atoms with Gasteiger partial charge in [-0.1, -0.05) is 6.92 Å². The van der Waals surface area contributed by atoms with Gasteiger partial charge in [-0.05, 0) is 31.2 Å². The quantitative estimate of drug-likeness (QED) is 0.797. The molecule has 1 atom stereocenters. The van der Waals surface area contributed by atoms with Crippen LogP contribution in [0, 0.1) is 5.41 Å². The molecule has 1 aliphatic heterocycles. The van der Waals surface area contributed by atoms with Crippen molar-refractivity contribution in [2.45, 2.75) is 38.6 Å². The van der Waals surface area contributed by atoms with Gasteiger partial charge < -0.3 is 11.1 Å². The maximum atomic E-state index is 5.54. The minimum atomic E-state index is 0.463. The first kappa shape index (κ1) is 10.1. The third-order valence-corrected chi connectivity index (χ3v) is 3.88. The summed E-state index contributed by atoms with van der Waals surface area (Å²) in [5.41, 5.74) is 6.00. The number of aromatic nitrogens is 3. The standard InChI is InChI=1S/C11H19N5/c1-11(4-5-11)8-3-7-13-10-14-9(2-6-12)15-16(8)10/h8H,2-7,12H2,1H3,(H,13,14,15). The van der Waals surface area contributed by atoms with Gasteiger partial charge in [-0.2, -0.15) is 10.1 Å². The molecular formula is C11H19N5. The summed E-state index contributed by atoms with van der Waals surface area (Å²) in [5.74, 6) is 1.81. The van der Waals surface area contributed by atoms with Crippen molar-refractivity contribution in [2.24, 2.45) is 11.1 Å². The van der Waals surface area contributed by atoms with Gasteiger partial charge in [-0.3, -0.25) is 0 Å². The highest BCUT2D eigenvalue weighted by molar-refractivity contribution is 5.29. The lowest BCUT2D eigenvalue weighted by Crippen LogP contribution is -2.29. The monoisotopic (exact) mass is 221 g/mol. The Balaban J connectivity index is 1.92. The number of hydrogen-bond donors (Lipinski definition) is 2. The summed E-state index contributed by atoms with van der Waals surface area (Å²) in [6, 6.07) is 0.530. The fourth-order valence-electron chi connectivity index (χ4n) is 2.56. The predicted molar refractivity (Wildman–Crippen MR) is 62.3 cm³/mol. The average molecular weight is 221 g/mol. The Morgan fingerprint density at radius 2 is 2.38 bits per heavy atom. The molecule has 3 N–H and O–H groups in total. The average Bonchev–Trinajstić information content (AvgIpc) is 2.88. The van der Waals surface area contributed by atoms with E-state index in [1.54, 1.807) is 0 Å². The van der Waals surface area contributed by atoms with Crippen LogP contribution in [0.4, 0.5) is 5.95 Å². The van der Waals surface area contributed by atoms with Crippen LogP contribution in [0.5, 0.6) is 0 Å². The molecule has 2 heterocycles. The predicted octanol–water partition coefficient (Wildman–Crippen LogP) is 0.936. The van der Waals surface area contributed by atoms with Gasteiger partial charge in [0.2, 0.25) is 5.95 Å². The summed E-state index contributed by atoms with van der Waals surface area (Å²) in [5, 5.41) is 7.91. The number of anilines is 1. The van der Waals surface area contributed by atoms with Crippen molar-refractivity contribution in [3.05, 3.63) is 5.82 Å². The van der Waals surface area contributed by atoms with E-state index in [0.717, 1.165) is 31.2 Å². The van der Waals surface area contributed by atoms with Crippen LogP contribution < -0.4 is 11.1 Å². The van der Waals surface area contributed by atoms with Crippen molar-refractivity contribution in [1.82, 2.24) is 14.8 Å². The van der Waals surface area contributed by atoms with E-state index in [4.69, 9.17) is 5.73 Å². The molecule has 5 heteroatoms. The second-order valence-electron chi connectivity index (χ2n) is 5.22. The maximum Gasteiger partial charge on any atom is 0.221 e. The molecule has 1 aromatic rings. The largest absolute Gasteiger partial charge is 0.354 e. The van der Waals surface area contributed by atoms with Gasteiger partial charge in [-0.25, -0.2) is 4.68 Å². The lowest BCUT2D eigenvalue weighted by Gasteiger charge is -2.29. The van der Waals surface area contributed by atoms with E-state index in [9.17, 15) is 0 Å². The van der Waals surface area contributed by atoms with Crippen molar-refractivity contribution in [3.8, 4) is 0 Å². The summed E-state index contributed by atoms with van der Waals surface area (Å²) in [7, 11) is 0. The molecule has 0 spiro atoms. The zero-order valence-corrected chi connectivity index (χ0v) is 9.74. The van der Waals surface area contributed by atoms with E-state index < -0.39 is 0 Å². The lowest BCUT2D eigenvalue weighted by molar-refractivity contribution is 0.283. The number of nitrogens with two attached hydrogens (primary N) is 1. The van der Waals surface area contributed by atoms with Crippen molar-refractivity contribution < 1.29 is 0 Å². The molecule has 0 bridgehead atoms. The van der Waals surface area contributed by atoms with Crippen LogP contribution in [-0.4, -0.2) is 27.9 Å². The molecule has 5 nitrogen and oxygen atoms in total. The minimum absolute atomic E-state index is 0.463. The van der Waals surface area contributed by atoms with Gasteiger partial charge >= 0.3 is 0 Å². The summed E-state index contributed by atoms with van der Waals surface area (Å²) < 4.78 is 2.10. The molecule has 0 amide bonds. The summed E-state index contributed by atoms with van der Waals surface area (Å²) >= 11 is 0. The second kappa shape index (κ2) is 3.45. The van der Waals surface area contributed by atoms with E-state index in [2.05, 4.69) is 27.0 Å². The van der Waals surface area contributed by atoms with Crippen molar-refractivity contribution in [1.29, 1.82) is 0 Å². The van der Waals surface area contributed by atoms with Gasteiger partial charge in [0.1, 0.15) is 0 Å². The lowest BCUT2D eigenvalue weighted by atomic mass is 9.95. The van der Waals surface area contributed by atoms with Gasteiger partial charge in [0.05, 0.1) is 6.04 Å². The molecule has 2 aliphatic rings. The smallest absolute Gasteiger partial charge is 0.221 e. The zero-order valence-electron chi connectivity index (χ0n) is 9.74. The van der Waals surface area contributed by atoms with Gasteiger partial charge in [0.25, 0.3) is 0 Å². The molecule has 0 radical (unpaired) electrons. The molecule has 0 saturated heterocycles. The normalized spacial score (nSPS) is 26.0. The highest BCUT2D eigenvalue weighted by Crippen LogP contribution is 2.55. The molecule has 1 aromatic heterocycles. The molecule has 0 aromatic carbocycles. The highest BCUT2D eigenvalue weighted by atomic mass is 15.4. The third kappa shape index (κ3) is 1.50. The summed E-state index contributed by atoms with van der Waals surface area (Å²) in [6.45, 7) is 3.99. The first-order valence-corrected chi connectivity index (χ1v) is 6.12. The van der Waals surface area contributed by atoms with E-state index in [1.165, 1.54) is 12.8 Å². The van der Waals surface area contributed by atoms with Crippen molar-refractivity contribution in [2.75, 3.05) is 18.4 Å². The van der Waals surface area contributed by atoms with Gasteiger partial charge in [0.15, 0.2) is 5.82 Å². The van der Waals surface area contributed by atoms with Crippen LogP contribution in [0.2, 0.25) is 0 Å². The van der Waals surface area contributed by atoms with Gasteiger partial charge in [0, 0.05) is 13.0 Å². The highest BCUT2D eigenvalue weighted by Gasteiger charge is 2.47. The van der Waals surface area contributed by atoms with Crippen LogP contribution in [0.15, 0.2) is 0 Å². The number of nitrogens with zero attached hydrogens (tertiary/aromatic N) is 3. The Kier molecular flexibility index (Phi) is 2.17. The van der Waals surface area contributed by atoms with Crippen LogP contribution in [0.3, 0.4) is 0 Å². The first-order valence-electron chi connectivity index (χ1n) is 6.12. The van der Waals surface area contributed by atoms with Crippen molar-refractivity contribution in [3.63, 3.8) is 0 Å². The van der Waals surface area contributed by atoms with Gasteiger partial charge in [-0.15, -0.1) is 0 Å². The van der Waals surface area contributed by atoms with Crippen LogP contribution >= 0.6 is 0 Å². The second-order valence-corrected chi connectivity index (χ2v) is 5.22. The molecule has 3 rings (SSSR count). The van der Waals surface area contributed by atoms with Crippen LogP contribution in [0.1, 0.15) is 38.1 Å². The first-order chi connectivity index (χ1) is 7.73. The number of fused-ring (bicyclic) bond motifs is 1. The molecule has 16 heavy (non-hydrogen) atoms. The molecular weight excluding hydrogens is 202 g/mol. The molecule has 88 valence electrons. The fourth-order valence-corrected chi connectivity index (χ4v) is 2.56. The molecule has 1 saturated carbocycles. The zero-order chi connectivity index (χ0) is 11.2. The van der Waals surface area contributed by atoms with Crippen LogP contribution in [0.25, 0.3) is 0 Å². The number of hydrogen-bond acceptors (Lipinski definition) is 4. The minimum Gasteiger partial charge on any atom is -0.354 e. The van der Waals surface area contributed by atoms with E-state index in [0.29, 0.717) is 18.0 Å². The summed E-state index contributed by atoms with van der Waals surface area (Å²) in [6.07, 6.45) is 4.58. The summed E-state index contributed by atoms with van der Waals surface area (Å²) in [4.78, 5) is 4.49. The van der Waals surface area contributed by atoms with E-state index in [1.807, 2.05) is 0 Å². The molecule has 1 unspecified atom stereocenters. The Bertz CT molecular complexity index is 393. The number of nitrogens with one attached hydrogen (secondary N) is 1. The molecule has 1 aliphatic carbocycles.